The predicted octanol–water partition coefficient (Wildman–Crippen LogP) is 2.59. The number of esters is 1. The highest BCUT2D eigenvalue weighted by Crippen LogP contribution is 2.19. The summed E-state index contributed by atoms with van der Waals surface area (Å²) in [4.78, 5) is 38.5. The molecule has 8 nitrogen and oxygen atoms in total. The third-order valence-corrected chi connectivity index (χ3v) is 5.22. The summed E-state index contributed by atoms with van der Waals surface area (Å²) in [7, 11) is 0. The Morgan fingerprint density at radius 2 is 1.71 bits per heavy atom. The van der Waals surface area contributed by atoms with E-state index in [-0.39, 0.29) is 6.54 Å². The van der Waals surface area contributed by atoms with Gasteiger partial charge in [0.25, 0.3) is 11.8 Å². The quantitative estimate of drug-likeness (QED) is 0.580. The first-order valence-electron chi connectivity index (χ1n) is 9.89. The third-order valence-electron chi connectivity index (χ3n) is 4.69. The van der Waals surface area contributed by atoms with Crippen LogP contribution in [-0.2, 0) is 19.1 Å². The van der Waals surface area contributed by atoms with E-state index in [1.165, 1.54) is 6.92 Å². The van der Waals surface area contributed by atoms with Crippen LogP contribution in [0.25, 0.3) is 0 Å². The Kier molecular flexibility index (Phi) is 8.02. The molecule has 1 fully saturated rings. The molecule has 1 atom stereocenters. The van der Waals surface area contributed by atoms with Crippen molar-refractivity contribution in [2.45, 2.75) is 13.0 Å². The summed E-state index contributed by atoms with van der Waals surface area (Å²) in [6.45, 7) is 4.21. The third kappa shape index (κ3) is 6.80. The van der Waals surface area contributed by atoms with Crippen LogP contribution in [0.1, 0.15) is 17.3 Å². The van der Waals surface area contributed by atoms with Gasteiger partial charge >= 0.3 is 5.97 Å². The molecule has 2 aromatic rings. The van der Waals surface area contributed by atoms with Crippen molar-refractivity contribution >= 4 is 45.1 Å². The molecule has 1 saturated heterocycles. The fourth-order valence-electron chi connectivity index (χ4n) is 2.97. The number of carbonyl (C=O) groups excluding carboxylic acids is 3. The van der Waals surface area contributed by atoms with Crippen molar-refractivity contribution in [3.8, 4) is 0 Å². The van der Waals surface area contributed by atoms with Crippen molar-refractivity contribution in [1.29, 1.82) is 0 Å². The molecule has 0 bridgehead atoms. The van der Waals surface area contributed by atoms with Crippen molar-refractivity contribution in [3.63, 3.8) is 0 Å². The smallest absolute Gasteiger partial charge is 0.326 e. The highest BCUT2D eigenvalue weighted by Gasteiger charge is 2.19. The van der Waals surface area contributed by atoms with E-state index in [4.69, 9.17) is 9.47 Å². The number of carbonyl (C=O) groups is 3. The van der Waals surface area contributed by atoms with Gasteiger partial charge in [0.05, 0.1) is 13.2 Å². The first-order valence-corrected chi connectivity index (χ1v) is 10.7. The SMILES string of the molecule is CC(OC(=O)CNC(=O)c1ccc(Br)cc1)C(=O)Nc1ccc(N2CCOCC2)cc1. The summed E-state index contributed by atoms with van der Waals surface area (Å²) < 4.78 is 11.3. The second-order valence-electron chi connectivity index (χ2n) is 6.96. The Morgan fingerprint density at radius 3 is 2.35 bits per heavy atom. The van der Waals surface area contributed by atoms with Gasteiger partial charge in [-0.15, -0.1) is 0 Å². The fourth-order valence-corrected chi connectivity index (χ4v) is 3.23. The average Bonchev–Trinajstić information content (AvgIpc) is 2.79. The number of nitrogens with one attached hydrogen (secondary N) is 2. The first kappa shape index (κ1) is 22.8. The maximum Gasteiger partial charge on any atom is 0.326 e. The number of benzene rings is 2. The van der Waals surface area contributed by atoms with Crippen LogP contribution >= 0.6 is 15.9 Å². The number of anilines is 2. The summed E-state index contributed by atoms with van der Waals surface area (Å²) >= 11 is 3.29. The molecule has 1 unspecified atom stereocenters. The average molecular weight is 490 g/mol. The van der Waals surface area contributed by atoms with Crippen LogP contribution in [0, 0.1) is 0 Å². The van der Waals surface area contributed by atoms with E-state index < -0.39 is 23.9 Å². The van der Waals surface area contributed by atoms with E-state index >= 15 is 0 Å². The van der Waals surface area contributed by atoms with Crippen LogP contribution in [0.2, 0.25) is 0 Å². The van der Waals surface area contributed by atoms with Crippen LogP contribution in [0.4, 0.5) is 11.4 Å². The van der Waals surface area contributed by atoms with Crippen molar-refractivity contribution < 1.29 is 23.9 Å². The standard InChI is InChI=1S/C22H24BrN3O5/c1-15(31-20(27)14-24-22(29)16-2-4-17(23)5-3-16)21(28)25-18-6-8-19(9-7-18)26-10-12-30-13-11-26/h2-9,15H,10-14H2,1H3,(H,24,29)(H,25,28). The van der Waals surface area contributed by atoms with Crippen molar-refractivity contribution in [3.05, 3.63) is 58.6 Å². The normalized spacial score (nSPS) is 14.5. The highest BCUT2D eigenvalue weighted by molar-refractivity contribution is 9.10. The maximum absolute atomic E-state index is 12.3. The monoisotopic (exact) mass is 489 g/mol. The van der Waals surface area contributed by atoms with E-state index in [9.17, 15) is 14.4 Å². The van der Waals surface area contributed by atoms with E-state index in [0.29, 0.717) is 24.5 Å². The number of rotatable bonds is 7. The number of ether oxygens (including phenoxy) is 2. The lowest BCUT2D eigenvalue weighted by Crippen LogP contribution is -2.36. The lowest BCUT2D eigenvalue weighted by atomic mass is 10.2. The minimum absolute atomic E-state index is 0.333. The summed E-state index contributed by atoms with van der Waals surface area (Å²) in [6.07, 6.45) is -1.00. The molecule has 2 aromatic carbocycles. The molecular formula is C22H24BrN3O5. The van der Waals surface area contributed by atoms with E-state index in [1.807, 2.05) is 12.1 Å². The van der Waals surface area contributed by atoms with Gasteiger partial charge in [0.1, 0.15) is 6.54 Å². The maximum atomic E-state index is 12.3. The summed E-state index contributed by atoms with van der Waals surface area (Å²) in [5, 5.41) is 5.20. The molecule has 0 saturated carbocycles. The fraction of sp³-hybridized carbons (Fsp3) is 0.318. The molecule has 1 aliphatic rings. The van der Waals surface area contributed by atoms with Crippen LogP contribution in [0.5, 0.6) is 0 Å². The van der Waals surface area contributed by atoms with Gasteiger partial charge in [-0.2, -0.15) is 0 Å². The van der Waals surface area contributed by atoms with Gasteiger partial charge in [-0.3, -0.25) is 14.4 Å². The van der Waals surface area contributed by atoms with Gasteiger partial charge in [0, 0.05) is 34.5 Å². The summed E-state index contributed by atoms with van der Waals surface area (Å²) in [6, 6.07) is 14.2. The van der Waals surface area contributed by atoms with E-state index in [0.717, 1.165) is 23.2 Å². The lowest BCUT2D eigenvalue weighted by Gasteiger charge is -2.28. The molecule has 2 amide bonds. The number of halogens is 1. The molecule has 9 heteroatoms. The van der Waals surface area contributed by atoms with Crippen LogP contribution < -0.4 is 15.5 Å². The second-order valence-corrected chi connectivity index (χ2v) is 7.87. The van der Waals surface area contributed by atoms with Gasteiger partial charge in [0.2, 0.25) is 0 Å². The topological polar surface area (TPSA) is 97.0 Å². The Morgan fingerprint density at radius 1 is 1.06 bits per heavy atom. The first-order chi connectivity index (χ1) is 14.9. The number of hydrogen-bond acceptors (Lipinski definition) is 6. The molecular weight excluding hydrogens is 466 g/mol. The van der Waals surface area contributed by atoms with Crippen LogP contribution in [0.3, 0.4) is 0 Å². The number of morpholine rings is 1. The molecule has 1 heterocycles. The van der Waals surface area contributed by atoms with Crippen molar-refractivity contribution in [1.82, 2.24) is 5.32 Å². The van der Waals surface area contributed by atoms with Crippen LogP contribution in [-0.4, -0.2) is 56.7 Å². The molecule has 3 rings (SSSR count). The van der Waals surface area contributed by atoms with E-state index in [2.05, 4.69) is 31.5 Å². The Bertz CT molecular complexity index is 912. The van der Waals surface area contributed by atoms with Gasteiger partial charge in [-0.25, -0.2) is 0 Å². The Balaban J connectivity index is 1.43. The van der Waals surface area contributed by atoms with E-state index in [1.54, 1.807) is 36.4 Å². The largest absolute Gasteiger partial charge is 0.451 e. The summed E-state index contributed by atoms with van der Waals surface area (Å²) in [5.74, 6) is -1.55. The number of hydrogen-bond donors (Lipinski definition) is 2. The molecule has 2 N–H and O–H groups in total. The number of nitrogens with zero attached hydrogens (tertiary/aromatic N) is 1. The molecule has 0 aromatic heterocycles. The molecule has 0 spiro atoms. The predicted molar refractivity (Wildman–Crippen MR) is 120 cm³/mol. The second kappa shape index (κ2) is 10.9. The molecule has 31 heavy (non-hydrogen) atoms. The summed E-state index contributed by atoms with van der Waals surface area (Å²) in [5.41, 5.74) is 2.08. The zero-order valence-electron chi connectivity index (χ0n) is 17.1. The number of amides is 2. The van der Waals surface area contributed by atoms with Crippen molar-refractivity contribution in [2.24, 2.45) is 0 Å². The molecule has 164 valence electrons. The van der Waals surface area contributed by atoms with Gasteiger partial charge < -0.3 is 25.0 Å². The van der Waals surface area contributed by atoms with Gasteiger partial charge in [-0.05, 0) is 55.5 Å². The lowest BCUT2D eigenvalue weighted by molar-refractivity contribution is -0.152. The Hall–Kier alpha value is -2.91. The molecule has 0 aliphatic carbocycles. The molecule has 0 radical (unpaired) electrons. The minimum atomic E-state index is -1.00. The van der Waals surface area contributed by atoms with Crippen molar-refractivity contribution in [2.75, 3.05) is 43.1 Å². The van der Waals surface area contributed by atoms with Gasteiger partial charge in [0.15, 0.2) is 6.10 Å². The van der Waals surface area contributed by atoms with Gasteiger partial charge in [-0.1, -0.05) is 15.9 Å². The van der Waals surface area contributed by atoms with Crippen LogP contribution in [0.15, 0.2) is 53.0 Å². The minimum Gasteiger partial charge on any atom is -0.451 e. The zero-order chi connectivity index (χ0) is 22.2. The Labute approximate surface area is 189 Å². The zero-order valence-corrected chi connectivity index (χ0v) is 18.7. The molecule has 1 aliphatic heterocycles. The highest BCUT2D eigenvalue weighted by atomic mass is 79.9.